The van der Waals surface area contributed by atoms with Crippen LogP contribution in [-0.4, -0.2) is 45.0 Å². The van der Waals surface area contributed by atoms with Gasteiger partial charge in [-0.1, -0.05) is 29.2 Å². The number of ketones is 1. The predicted octanol–water partition coefficient (Wildman–Crippen LogP) is 1.95. The summed E-state index contributed by atoms with van der Waals surface area (Å²) in [5.74, 6) is -0.756. The second-order valence-corrected chi connectivity index (χ2v) is 8.87. The summed E-state index contributed by atoms with van der Waals surface area (Å²) < 4.78 is 6.60. The lowest BCUT2D eigenvalue weighted by molar-refractivity contribution is 0.102. The topological polar surface area (TPSA) is 145 Å². The SMILES string of the molecule is COCCn1c(N)c(C(=O)CSc2nnc(Nc3ccc(C)c(C)c3)s2)c(=O)[nH]c1=O. The van der Waals surface area contributed by atoms with Gasteiger partial charge in [0.2, 0.25) is 5.13 Å². The number of nitrogens with zero attached hydrogens (tertiary/aromatic N) is 3. The number of anilines is 3. The van der Waals surface area contributed by atoms with E-state index >= 15 is 0 Å². The van der Waals surface area contributed by atoms with Crippen LogP contribution in [-0.2, 0) is 11.3 Å². The molecule has 1 aromatic carbocycles. The lowest BCUT2D eigenvalue weighted by atomic mass is 10.1. The van der Waals surface area contributed by atoms with Crippen LogP contribution in [0, 0.1) is 13.8 Å². The van der Waals surface area contributed by atoms with E-state index in [4.69, 9.17) is 10.5 Å². The first-order valence-electron chi connectivity index (χ1n) is 9.25. The van der Waals surface area contributed by atoms with E-state index in [9.17, 15) is 14.4 Å². The van der Waals surface area contributed by atoms with Crippen LogP contribution in [0.25, 0.3) is 0 Å². The van der Waals surface area contributed by atoms with Gasteiger partial charge < -0.3 is 15.8 Å². The van der Waals surface area contributed by atoms with Crippen molar-refractivity contribution in [3.8, 4) is 0 Å². The van der Waals surface area contributed by atoms with Gasteiger partial charge in [0.05, 0.1) is 18.9 Å². The number of benzene rings is 1. The number of aryl methyl sites for hydroxylation is 2. The molecule has 2 aromatic heterocycles. The van der Waals surface area contributed by atoms with Crippen LogP contribution in [0.15, 0.2) is 32.1 Å². The Kier molecular flexibility index (Phi) is 7.25. The zero-order valence-corrected chi connectivity index (χ0v) is 18.9. The zero-order valence-electron chi connectivity index (χ0n) is 17.2. The second-order valence-electron chi connectivity index (χ2n) is 6.67. The predicted molar refractivity (Wildman–Crippen MR) is 122 cm³/mol. The van der Waals surface area contributed by atoms with Crippen LogP contribution in [0.4, 0.5) is 16.6 Å². The second kappa shape index (κ2) is 9.90. The Morgan fingerprint density at radius 2 is 2.06 bits per heavy atom. The maximum Gasteiger partial charge on any atom is 0.330 e. The highest BCUT2D eigenvalue weighted by Gasteiger charge is 2.20. The average Bonchev–Trinajstić information content (AvgIpc) is 3.16. The maximum absolute atomic E-state index is 12.6. The van der Waals surface area contributed by atoms with Crippen LogP contribution >= 0.6 is 23.1 Å². The first-order valence-corrected chi connectivity index (χ1v) is 11.1. The van der Waals surface area contributed by atoms with E-state index in [1.54, 1.807) is 0 Å². The molecule has 0 spiro atoms. The summed E-state index contributed by atoms with van der Waals surface area (Å²) in [5.41, 5.74) is 7.43. The van der Waals surface area contributed by atoms with Crippen molar-refractivity contribution >= 4 is 45.5 Å². The van der Waals surface area contributed by atoms with Crippen LogP contribution in [0.5, 0.6) is 0 Å². The molecule has 3 rings (SSSR count). The third kappa shape index (κ3) is 5.40. The van der Waals surface area contributed by atoms with Crippen LogP contribution < -0.4 is 22.3 Å². The Labute approximate surface area is 185 Å². The number of aromatic amines is 1. The number of rotatable bonds is 9. The van der Waals surface area contributed by atoms with Gasteiger partial charge in [0, 0.05) is 12.8 Å². The van der Waals surface area contributed by atoms with Crippen molar-refractivity contribution in [2.45, 2.75) is 24.7 Å². The van der Waals surface area contributed by atoms with Gasteiger partial charge >= 0.3 is 5.69 Å². The van der Waals surface area contributed by atoms with Gasteiger partial charge in [0.25, 0.3) is 5.56 Å². The Morgan fingerprint density at radius 3 is 2.77 bits per heavy atom. The van der Waals surface area contributed by atoms with E-state index in [0.717, 1.165) is 27.6 Å². The molecule has 0 saturated carbocycles. The molecule has 0 fully saturated rings. The molecule has 10 nitrogen and oxygen atoms in total. The van der Waals surface area contributed by atoms with E-state index in [1.165, 1.54) is 24.0 Å². The number of ether oxygens (including phenoxy) is 1. The highest BCUT2D eigenvalue weighted by molar-refractivity contribution is 8.01. The molecule has 0 aliphatic rings. The number of hydrogen-bond acceptors (Lipinski definition) is 10. The molecule has 0 saturated heterocycles. The minimum atomic E-state index is -0.809. The molecule has 0 unspecified atom stereocenters. The number of carbonyl (C=O) groups is 1. The third-order valence-corrected chi connectivity index (χ3v) is 6.50. The molecule has 31 heavy (non-hydrogen) atoms. The molecular formula is C19H22N6O4S2. The number of hydrogen-bond donors (Lipinski definition) is 3. The number of carbonyl (C=O) groups excluding carboxylic acids is 1. The molecule has 4 N–H and O–H groups in total. The van der Waals surface area contributed by atoms with Gasteiger partial charge in [-0.2, -0.15) is 0 Å². The van der Waals surface area contributed by atoms with Crippen molar-refractivity contribution in [2.75, 3.05) is 30.5 Å². The summed E-state index contributed by atoms with van der Waals surface area (Å²) in [6.45, 7) is 4.39. The smallest absolute Gasteiger partial charge is 0.330 e. The Hall–Kier alpha value is -2.96. The fourth-order valence-electron chi connectivity index (χ4n) is 2.72. The quantitative estimate of drug-likeness (QED) is 0.321. The number of thioether (sulfide) groups is 1. The van der Waals surface area contributed by atoms with E-state index < -0.39 is 17.0 Å². The molecule has 0 radical (unpaired) electrons. The molecule has 0 aliphatic heterocycles. The molecule has 0 bridgehead atoms. The van der Waals surface area contributed by atoms with E-state index in [-0.39, 0.29) is 30.3 Å². The summed E-state index contributed by atoms with van der Waals surface area (Å²) in [6, 6.07) is 5.98. The number of nitrogens with one attached hydrogen (secondary N) is 2. The maximum atomic E-state index is 12.6. The Balaban J connectivity index is 1.69. The number of Topliss-reactive ketones (excluding diaryl/α,β-unsaturated/α-hetero) is 1. The fourth-order valence-corrected chi connectivity index (χ4v) is 4.37. The summed E-state index contributed by atoms with van der Waals surface area (Å²) in [5, 5.41) is 11.9. The molecule has 0 aliphatic carbocycles. The number of nitrogens with two attached hydrogens (primary N) is 1. The standard InChI is InChI=1S/C19H22N6O4S2/c1-10-4-5-12(8-11(10)2)21-17-23-24-19(31-17)30-9-13(26)14-15(20)25(6-7-29-3)18(28)22-16(14)27/h4-5,8H,6-7,9,20H2,1-3H3,(H,21,23)(H,22,27,28). The molecule has 3 aromatic rings. The van der Waals surface area contributed by atoms with Crippen LogP contribution in [0.3, 0.4) is 0 Å². The summed E-state index contributed by atoms with van der Waals surface area (Å²) >= 11 is 2.43. The highest BCUT2D eigenvalue weighted by Crippen LogP contribution is 2.28. The number of H-pyrrole nitrogens is 1. The zero-order chi connectivity index (χ0) is 22.5. The van der Waals surface area contributed by atoms with E-state index in [2.05, 4.69) is 20.5 Å². The first-order chi connectivity index (χ1) is 14.8. The Morgan fingerprint density at radius 1 is 1.29 bits per heavy atom. The van der Waals surface area contributed by atoms with Crippen molar-refractivity contribution < 1.29 is 9.53 Å². The van der Waals surface area contributed by atoms with Crippen molar-refractivity contribution in [1.29, 1.82) is 0 Å². The van der Waals surface area contributed by atoms with Crippen molar-refractivity contribution in [3.63, 3.8) is 0 Å². The molecule has 164 valence electrons. The molecule has 12 heteroatoms. The minimum Gasteiger partial charge on any atom is -0.384 e. The molecular weight excluding hydrogens is 440 g/mol. The largest absolute Gasteiger partial charge is 0.384 e. The fraction of sp³-hybridized carbons (Fsp3) is 0.316. The Bertz CT molecular complexity index is 1220. The van der Waals surface area contributed by atoms with Gasteiger partial charge in [-0.3, -0.25) is 19.1 Å². The van der Waals surface area contributed by atoms with Crippen molar-refractivity contribution in [1.82, 2.24) is 19.7 Å². The number of methoxy groups -OCH3 is 1. The molecule has 0 amide bonds. The van der Waals surface area contributed by atoms with Crippen molar-refractivity contribution in [3.05, 3.63) is 55.7 Å². The highest BCUT2D eigenvalue weighted by atomic mass is 32.2. The molecule has 2 heterocycles. The monoisotopic (exact) mass is 462 g/mol. The van der Waals surface area contributed by atoms with E-state index in [1.807, 2.05) is 32.0 Å². The average molecular weight is 463 g/mol. The van der Waals surface area contributed by atoms with Crippen LogP contribution in [0.2, 0.25) is 0 Å². The molecule has 0 atom stereocenters. The lowest BCUT2D eigenvalue weighted by Gasteiger charge is -2.11. The summed E-state index contributed by atoms with van der Waals surface area (Å²) in [4.78, 5) is 38.9. The van der Waals surface area contributed by atoms with Gasteiger partial charge in [-0.25, -0.2) is 4.79 Å². The van der Waals surface area contributed by atoms with Gasteiger partial charge in [0.15, 0.2) is 10.1 Å². The number of nitrogen functional groups attached to an aromatic ring is 1. The van der Waals surface area contributed by atoms with Crippen LogP contribution in [0.1, 0.15) is 21.5 Å². The third-order valence-electron chi connectivity index (χ3n) is 4.53. The van der Waals surface area contributed by atoms with Gasteiger partial charge in [-0.15, -0.1) is 10.2 Å². The number of aromatic nitrogens is 4. The normalized spacial score (nSPS) is 10.9. The van der Waals surface area contributed by atoms with Gasteiger partial charge in [-0.05, 0) is 37.1 Å². The van der Waals surface area contributed by atoms with Gasteiger partial charge in [0.1, 0.15) is 11.4 Å². The van der Waals surface area contributed by atoms with Crippen molar-refractivity contribution in [2.24, 2.45) is 0 Å². The summed E-state index contributed by atoms with van der Waals surface area (Å²) in [6.07, 6.45) is 0. The minimum absolute atomic E-state index is 0.0754. The summed E-state index contributed by atoms with van der Waals surface area (Å²) in [7, 11) is 1.47. The lowest BCUT2D eigenvalue weighted by Crippen LogP contribution is -2.37. The first kappa shape index (κ1) is 22.7. The van der Waals surface area contributed by atoms with E-state index in [0.29, 0.717) is 9.47 Å².